The molecule has 0 aromatic carbocycles. The van der Waals surface area contributed by atoms with Crippen molar-refractivity contribution in [2.45, 2.75) is 82.8 Å². The van der Waals surface area contributed by atoms with Crippen molar-refractivity contribution in [1.29, 1.82) is 0 Å². The fourth-order valence-corrected chi connectivity index (χ4v) is 5.59. The Morgan fingerprint density at radius 2 is 2.00 bits per heavy atom. The Labute approximate surface area is 162 Å². The molecule has 27 heavy (non-hydrogen) atoms. The standard InChI is InChI=1S/C21H33N5O/c27-21(22-17-6-7-17)20-14-25-9-8-16(20)11-19(25)13-26-12-18(23-24-26)10-15-4-2-1-3-5-15/h12,15-17,19-20H,1-11,13-14H2,(H,22,27)/t16-,19+,20-/m0/s1. The summed E-state index contributed by atoms with van der Waals surface area (Å²) in [5.74, 6) is 1.86. The molecule has 3 saturated heterocycles. The highest BCUT2D eigenvalue weighted by atomic mass is 16.2. The van der Waals surface area contributed by atoms with Gasteiger partial charge in [-0.3, -0.25) is 14.4 Å². The molecule has 1 amide bonds. The number of hydrogen-bond acceptors (Lipinski definition) is 4. The molecule has 0 radical (unpaired) electrons. The Hall–Kier alpha value is -1.43. The zero-order valence-corrected chi connectivity index (χ0v) is 16.4. The van der Waals surface area contributed by atoms with Crippen LogP contribution in [0.3, 0.4) is 0 Å². The Morgan fingerprint density at radius 3 is 2.74 bits per heavy atom. The van der Waals surface area contributed by atoms with Crippen LogP contribution in [0.15, 0.2) is 6.20 Å². The Kier molecular flexibility index (Phi) is 4.92. The van der Waals surface area contributed by atoms with E-state index in [0.717, 1.165) is 38.4 Å². The highest BCUT2D eigenvalue weighted by molar-refractivity contribution is 5.80. The monoisotopic (exact) mass is 371 g/mol. The molecule has 5 fully saturated rings. The molecule has 4 heterocycles. The SMILES string of the molecule is O=C(NC1CC1)[C@H]1CN2CC[C@H]1C[C@@H]2Cn1cc(CC2CCCCC2)nn1. The molecule has 1 unspecified atom stereocenters. The van der Waals surface area contributed by atoms with Crippen molar-refractivity contribution in [2.24, 2.45) is 17.8 Å². The van der Waals surface area contributed by atoms with Gasteiger partial charge in [-0.15, -0.1) is 5.10 Å². The molecule has 6 heteroatoms. The maximum absolute atomic E-state index is 12.5. The van der Waals surface area contributed by atoms with Crippen LogP contribution in [-0.4, -0.2) is 51.0 Å². The lowest BCUT2D eigenvalue weighted by Crippen LogP contribution is -2.58. The molecule has 1 N–H and O–H groups in total. The molecular weight excluding hydrogens is 338 g/mol. The second kappa shape index (κ2) is 7.53. The average molecular weight is 372 g/mol. The number of rotatable bonds is 6. The van der Waals surface area contributed by atoms with Crippen molar-refractivity contribution < 1.29 is 4.79 Å². The first kappa shape index (κ1) is 17.7. The Bertz CT molecular complexity index is 663. The summed E-state index contributed by atoms with van der Waals surface area (Å²) < 4.78 is 2.06. The number of hydrogen-bond donors (Lipinski definition) is 1. The fraction of sp³-hybridized carbons (Fsp3) is 0.857. The normalized spacial score (nSPS) is 33.9. The lowest BCUT2D eigenvalue weighted by atomic mass is 9.75. The highest BCUT2D eigenvalue weighted by Crippen LogP contribution is 2.37. The van der Waals surface area contributed by atoms with Crippen molar-refractivity contribution in [3.8, 4) is 0 Å². The van der Waals surface area contributed by atoms with E-state index in [-0.39, 0.29) is 5.92 Å². The summed E-state index contributed by atoms with van der Waals surface area (Å²) in [4.78, 5) is 15.1. The van der Waals surface area contributed by atoms with Gasteiger partial charge < -0.3 is 5.32 Å². The maximum atomic E-state index is 12.5. The lowest BCUT2D eigenvalue weighted by molar-refractivity contribution is -0.133. The van der Waals surface area contributed by atoms with Crippen LogP contribution in [0.25, 0.3) is 0 Å². The van der Waals surface area contributed by atoms with Crippen LogP contribution in [0.5, 0.6) is 0 Å². The quantitative estimate of drug-likeness (QED) is 0.834. The van der Waals surface area contributed by atoms with Gasteiger partial charge in [0.2, 0.25) is 5.91 Å². The van der Waals surface area contributed by atoms with Crippen LogP contribution >= 0.6 is 0 Å². The average Bonchev–Trinajstić information content (AvgIpc) is 3.41. The molecule has 0 spiro atoms. The number of nitrogens with zero attached hydrogens (tertiary/aromatic N) is 4. The molecule has 3 aliphatic heterocycles. The number of amides is 1. The van der Waals surface area contributed by atoms with Crippen LogP contribution in [0.1, 0.15) is 63.5 Å². The molecule has 4 atom stereocenters. The third kappa shape index (κ3) is 4.05. The van der Waals surface area contributed by atoms with E-state index in [1.54, 1.807) is 0 Å². The fourth-order valence-electron chi connectivity index (χ4n) is 5.59. The first-order valence-corrected chi connectivity index (χ1v) is 11.2. The first-order valence-electron chi connectivity index (χ1n) is 11.2. The summed E-state index contributed by atoms with van der Waals surface area (Å²) in [6, 6.07) is 0.986. The van der Waals surface area contributed by atoms with E-state index >= 15 is 0 Å². The predicted molar refractivity (Wildman–Crippen MR) is 103 cm³/mol. The minimum absolute atomic E-state index is 0.202. The Balaban J connectivity index is 1.16. The number of carbonyl (C=O) groups is 1. The number of nitrogens with one attached hydrogen (secondary N) is 1. The minimum Gasteiger partial charge on any atom is -0.353 e. The van der Waals surface area contributed by atoms with E-state index in [1.807, 2.05) is 0 Å². The van der Waals surface area contributed by atoms with Gasteiger partial charge in [0, 0.05) is 24.8 Å². The molecule has 2 aliphatic carbocycles. The topological polar surface area (TPSA) is 63.1 Å². The van der Waals surface area contributed by atoms with Crippen molar-refractivity contribution in [3.05, 3.63) is 11.9 Å². The zero-order chi connectivity index (χ0) is 18.2. The summed E-state index contributed by atoms with van der Waals surface area (Å²) in [7, 11) is 0. The summed E-state index contributed by atoms with van der Waals surface area (Å²) in [6.07, 6.45) is 14.8. The molecular formula is C21H33N5O. The van der Waals surface area contributed by atoms with Crippen LogP contribution in [0, 0.1) is 17.8 Å². The van der Waals surface area contributed by atoms with Gasteiger partial charge in [-0.1, -0.05) is 37.3 Å². The van der Waals surface area contributed by atoms with Crippen LogP contribution in [-0.2, 0) is 17.8 Å². The molecule has 2 saturated carbocycles. The number of fused-ring (bicyclic) bond motifs is 3. The summed E-state index contributed by atoms with van der Waals surface area (Å²) in [6.45, 7) is 2.98. The third-order valence-corrected chi connectivity index (χ3v) is 7.35. The van der Waals surface area contributed by atoms with Gasteiger partial charge in [0.25, 0.3) is 0 Å². The van der Waals surface area contributed by atoms with E-state index in [4.69, 9.17) is 0 Å². The van der Waals surface area contributed by atoms with Crippen molar-refractivity contribution >= 4 is 5.91 Å². The molecule has 2 bridgehead atoms. The van der Waals surface area contributed by atoms with Gasteiger partial charge in [0.15, 0.2) is 0 Å². The second-order valence-electron chi connectivity index (χ2n) is 9.46. The van der Waals surface area contributed by atoms with E-state index in [0.29, 0.717) is 23.9 Å². The van der Waals surface area contributed by atoms with Gasteiger partial charge >= 0.3 is 0 Å². The second-order valence-corrected chi connectivity index (χ2v) is 9.46. The van der Waals surface area contributed by atoms with Gasteiger partial charge in [-0.25, -0.2) is 0 Å². The van der Waals surface area contributed by atoms with Gasteiger partial charge in [0.05, 0.1) is 18.2 Å². The highest BCUT2D eigenvalue weighted by Gasteiger charge is 2.44. The van der Waals surface area contributed by atoms with E-state index in [9.17, 15) is 4.79 Å². The van der Waals surface area contributed by atoms with Crippen molar-refractivity contribution in [2.75, 3.05) is 13.1 Å². The summed E-state index contributed by atoms with van der Waals surface area (Å²) in [5.41, 5.74) is 1.17. The van der Waals surface area contributed by atoms with Gasteiger partial charge in [-0.2, -0.15) is 0 Å². The lowest BCUT2D eigenvalue weighted by Gasteiger charge is -2.49. The summed E-state index contributed by atoms with van der Waals surface area (Å²) in [5, 5.41) is 12.1. The molecule has 5 aliphatic rings. The van der Waals surface area contributed by atoms with E-state index in [2.05, 4.69) is 31.4 Å². The van der Waals surface area contributed by atoms with Crippen molar-refractivity contribution in [3.63, 3.8) is 0 Å². The van der Waals surface area contributed by atoms with Gasteiger partial charge in [0.1, 0.15) is 0 Å². The molecule has 1 aromatic rings. The van der Waals surface area contributed by atoms with Crippen molar-refractivity contribution in [1.82, 2.24) is 25.2 Å². The number of carbonyl (C=O) groups excluding carboxylic acids is 1. The largest absolute Gasteiger partial charge is 0.353 e. The van der Waals surface area contributed by atoms with Crippen LogP contribution < -0.4 is 5.32 Å². The van der Waals surface area contributed by atoms with Crippen LogP contribution in [0.2, 0.25) is 0 Å². The van der Waals surface area contributed by atoms with E-state index in [1.165, 1.54) is 57.1 Å². The zero-order valence-electron chi connectivity index (χ0n) is 16.4. The third-order valence-electron chi connectivity index (χ3n) is 7.35. The smallest absolute Gasteiger partial charge is 0.224 e. The first-order chi connectivity index (χ1) is 13.2. The number of aromatic nitrogens is 3. The molecule has 1 aromatic heterocycles. The number of piperidine rings is 3. The Morgan fingerprint density at radius 1 is 1.15 bits per heavy atom. The molecule has 148 valence electrons. The molecule has 6 rings (SSSR count). The van der Waals surface area contributed by atoms with Crippen LogP contribution in [0.4, 0.5) is 0 Å². The minimum atomic E-state index is 0.202. The predicted octanol–water partition coefficient (Wildman–Crippen LogP) is 2.39. The molecule has 6 nitrogen and oxygen atoms in total. The van der Waals surface area contributed by atoms with E-state index < -0.39 is 0 Å². The summed E-state index contributed by atoms with van der Waals surface area (Å²) >= 11 is 0. The van der Waals surface area contributed by atoms with Gasteiger partial charge in [-0.05, 0) is 50.5 Å². The maximum Gasteiger partial charge on any atom is 0.224 e.